The van der Waals surface area contributed by atoms with Gasteiger partial charge >= 0.3 is 5.97 Å². The van der Waals surface area contributed by atoms with Crippen LogP contribution in [0.5, 0.6) is 5.75 Å². The van der Waals surface area contributed by atoms with E-state index in [1.54, 1.807) is 6.92 Å². The van der Waals surface area contributed by atoms with Gasteiger partial charge in [-0.1, -0.05) is 12.1 Å². The van der Waals surface area contributed by atoms with Crippen LogP contribution >= 0.6 is 0 Å². The molecule has 1 aromatic rings. The minimum Gasteiger partial charge on any atom is -0.487 e. The van der Waals surface area contributed by atoms with Gasteiger partial charge in [-0.2, -0.15) is 0 Å². The number of benzene rings is 1. The molecule has 0 fully saturated rings. The molecule has 2 N–H and O–H groups in total. The normalized spacial score (nSPS) is 17.0. The summed E-state index contributed by atoms with van der Waals surface area (Å²) in [5.74, 6) is 0.553. The standard InChI is InChI=1S/C16H23NO4/c1-4-20-15(18)10-19-9-13(17)11-5-6-14-12(7-11)8-16(2,3)21-14/h5-7,13H,4,8-10,17H2,1-3H3. The Morgan fingerprint density at radius 2 is 2.24 bits per heavy atom. The minimum atomic E-state index is -0.367. The lowest BCUT2D eigenvalue weighted by Gasteiger charge is -2.16. The average molecular weight is 293 g/mol. The van der Waals surface area contributed by atoms with Gasteiger partial charge in [0.25, 0.3) is 0 Å². The molecule has 5 nitrogen and oxygen atoms in total. The fourth-order valence-corrected chi connectivity index (χ4v) is 2.43. The molecule has 1 aliphatic rings. The summed E-state index contributed by atoms with van der Waals surface area (Å²) in [6.45, 7) is 6.46. The number of rotatable bonds is 6. The van der Waals surface area contributed by atoms with Crippen molar-refractivity contribution in [3.63, 3.8) is 0 Å². The van der Waals surface area contributed by atoms with Gasteiger partial charge in [0.05, 0.1) is 19.3 Å². The van der Waals surface area contributed by atoms with E-state index in [-0.39, 0.29) is 30.8 Å². The van der Waals surface area contributed by atoms with E-state index in [1.165, 1.54) is 5.56 Å². The van der Waals surface area contributed by atoms with Gasteiger partial charge in [-0.15, -0.1) is 0 Å². The van der Waals surface area contributed by atoms with E-state index in [9.17, 15) is 4.79 Å². The first-order chi connectivity index (χ1) is 9.91. The Bertz CT molecular complexity index is 513. The second-order valence-electron chi connectivity index (χ2n) is 5.83. The van der Waals surface area contributed by atoms with Crippen LogP contribution in [-0.2, 0) is 20.7 Å². The number of esters is 1. The molecule has 0 amide bonds. The third kappa shape index (κ3) is 4.19. The Morgan fingerprint density at radius 1 is 1.48 bits per heavy atom. The van der Waals surface area contributed by atoms with Gasteiger partial charge in [0, 0.05) is 6.42 Å². The summed E-state index contributed by atoms with van der Waals surface area (Å²) in [5, 5.41) is 0. The molecular weight excluding hydrogens is 270 g/mol. The van der Waals surface area contributed by atoms with Gasteiger partial charge in [-0.25, -0.2) is 4.79 Å². The van der Waals surface area contributed by atoms with E-state index in [0.717, 1.165) is 17.7 Å². The summed E-state index contributed by atoms with van der Waals surface area (Å²) in [4.78, 5) is 11.2. The second kappa shape index (κ2) is 6.45. The Labute approximate surface area is 125 Å². The SMILES string of the molecule is CCOC(=O)COCC(N)c1ccc2c(c1)CC(C)(C)O2. The maximum absolute atomic E-state index is 11.2. The molecule has 1 atom stereocenters. The van der Waals surface area contributed by atoms with Crippen molar-refractivity contribution in [2.75, 3.05) is 19.8 Å². The highest BCUT2D eigenvalue weighted by Gasteiger charge is 2.30. The molecule has 1 aliphatic heterocycles. The van der Waals surface area contributed by atoms with Crippen LogP contribution in [0.4, 0.5) is 0 Å². The van der Waals surface area contributed by atoms with Gasteiger partial charge in [-0.05, 0) is 38.0 Å². The van der Waals surface area contributed by atoms with Gasteiger partial charge in [-0.3, -0.25) is 0 Å². The molecule has 116 valence electrons. The van der Waals surface area contributed by atoms with Gasteiger partial charge < -0.3 is 19.9 Å². The van der Waals surface area contributed by atoms with Crippen molar-refractivity contribution in [3.05, 3.63) is 29.3 Å². The summed E-state index contributed by atoms with van der Waals surface area (Å²) in [5.41, 5.74) is 8.09. The lowest BCUT2D eigenvalue weighted by Crippen LogP contribution is -2.24. The summed E-state index contributed by atoms with van der Waals surface area (Å²) >= 11 is 0. The second-order valence-corrected chi connectivity index (χ2v) is 5.83. The van der Waals surface area contributed by atoms with Gasteiger partial charge in [0.1, 0.15) is 18.0 Å². The molecule has 0 aromatic heterocycles. The molecule has 0 bridgehead atoms. The van der Waals surface area contributed by atoms with Crippen molar-refractivity contribution in [1.82, 2.24) is 0 Å². The average Bonchev–Trinajstić information content (AvgIpc) is 2.71. The van der Waals surface area contributed by atoms with E-state index in [4.69, 9.17) is 19.9 Å². The first-order valence-electron chi connectivity index (χ1n) is 7.22. The molecule has 0 saturated heterocycles. The molecule has 1 unspecified atom stereocenters. The van der Waals surface area contributed by atoms with Crippen molar-refractivity contribution in [2.24, 2.45) is 5.73 Å². The first-order valence-corrected chi connectivity index (χ1v) is 7.22. The quantitative estimate of drug-likeness (QED) is 0.812. The monoisotopic (exact) mass is 293 g/mol. The Hall–Kier alpha value is -1.59. The maximum atomic E-state index is 11.2. The van der Waals surface area contributed by atoms with Crippen molar-refractivity contribution in [1.29, 1.82) is 0 Å². The van der Waals surface area contributed by atoms with Gasteiger partial charge in [0.15, 0.2) is 0 Å². The van der Waals surface area contributed by atoms with Crippen LogP contribution in [0.25, 0.3) is 0 Å². The van der Waals surface area contributed by atoms with E-state index in [0.29, 0.717) is 6.61 Å². The molecule has 0 aliphatic carbocycles. The molecule has 1 aromatic carbocycles. The topological polar surface area (TPSA) is 70.8 Å². The fraction of sp³-hybridized carbons (Fsp3) is 0.562. The van der Waals surface area contributed by atoms with E-state index < -0.39 is 0 Å². The molecule has 5 heteroatoms. The minimum absolute atomic E-state index is 0.0668. The molecule has 1 heterocycles. The molecule has 0 radical (unpaired) electrons. The van der Waals surface area contributed by atoms with E-state index >= 15 is 0 Å². The van der Waals surface area contributed by atoms with Crippen LogP contribution in [0.3, 0.4) is 0 Å². The Morgan fingerprint density at radius 3 is 2.95 bits per heavy atom. The zero-order chi connectivity index (χ0) is 15.5. The molecule has 0 spiro atoms. The molecule has 0 saturated carbocycles. The van der Waals surface area contributed by atoms with Crippen molar-refractivity contribution in [2.45, 2.75) is 38.8 Å². The van der Waals surface area contributed by atoms with Crippen LogP contribution in [0.2, 0.25) is 0 Å². The highest BCUT2D eigenvalue weighted by Crippen LogP contribution is 2.35. The Balaban J connectivity index is 1.89. The zero-order valence-corrected chi connectivity index (χ0v) is 12.8. The fourth-order valence-electron chi connectivity index (χ4n) is 2.43. The third-order valence-electron chi connectivity index (χ3n) is 3.34. The predicted molar refractivity (Wildman–Crippen MR) is 79.2 cm³/mol. The molecule has 21 heavy (non-hydrogen) atoms. The number of ether oxygens (including phenoxy) is 3. The number of carbonyl (C=O) groups excluding carboxylic acids is 1. The summed E-state index contributed by atoms with van der Waals surface area (Å²) in [6, 6.07) is 5.68. The summed E-state index contributed by atoms with van der Waals surface area (Å²) in [6.07, 6.45) is 0.868. The van der Waals surface area contributed by atoms with Crippen LogP contribution in [0, 0.1) is 0 Å². The number of carbonyl (C=O) groups is 1. The van der Waals surface area contributed by atoms with Gasteiger partial charge in [0.2, 0.25) is 0 Å². The van der Waals surface area contributed by atoms with Crippen LogP contribution in [0.1, 0.15) is 37.9 Å². The van der Waals surface area contributed by atoms with Crippen LogP contribution in [0.15, 0.2) is 18.2 Å². The number of hydrogen-bond donors (Lipinski definition) is 1. The predicted octanol–water partition coefficient (Wildman–Crippen LogP) is 1.98. The zero-order valence-electron chi connectivity index (χ0n) is 12.8. The number of nitrogens with two attached hydrogens (primary N) is 1. The maximum Gasteiger partial charge on any atom is 0.332 e. The third-order valence-corrected chi connectivity index (χ3v) is 3.34. The highest BCUT2D eigenvalue weighted by molar-refractivity contribution is 5.70. The number of fused-ring (bicyclic) bond motifs is 1. The smallest absolute Gasteiger partial charge is 0.332 e. The lowest BCUT2D eigenvalue weighted by atomic mass is 9.98. The summed E-state index contributed by atoms with van der Waals surface area (Å²) < 4.78 is 15.9. The van der Waals surface area contributed by atoms with Crippen molar-refractivity contribution in [3.8, 4) is 5.75 Å². The summed E-state index contributed by atoms with van der Waals surface area (Å²) in [7, 11) is 0. The van der Waals surface area contributed by atoms with Crippen LogP contribution in [-0.4, -0.2) is 31.4 Å². The van der Waals surface area contributed by atoms with Crippen molar-refractivity contribution >= 4 is 5.97 Å². The van der Waals surface area contributed by atoms with Crippen LogP contribution < -0.4 is 10.5 Å². The molecule has 2 rings (SSSR count). The largest absolute Gasteiger partial charge is 0.487 e. The first kappa shape index (κ1) is 15.8. The number of hydrogen-bond acceptors (Lipinski definition) is 5. The lowest BCUT2D eigenvalue weighted by molar-refractivity contribution is -0.148. The molecular formula is C16H23NO4. The highest BCUT2D eigenvalue weighted by atomic mass is 16.6. The van der Waals surface area contributed by atoms with Crippen molar-refractivity contribution < 1.29 is 19.0 Å². The van der Waals surface area contributed by atoms with E-state index in [1.807, 2.05) is 12.1 Å². The van der Waals surface area contributed by atoms with E-state index in [2.05, 4.69) is 19.9 Å². The Kier molecular flexibility index (Phi) is 4.85.